The van der Waals surface area contributed by atoms with Gasteiger partial charge in [-0.1, -0.05) is 38.8 Å². The molecule has 18 heavy (non-hydrogen) atoms. The van der Waals surface area contributed by atoms with E-state index in [2.05, 4.69) is 25.2 Å². The summed E-state index contributed by atoms with van der Waals surface area (Å²) in [6.07, 6.45) is 5.16. The second kappa shape index (κ2) is 6.33. The molecule has 0 spiro atoms. The predicted molar refractivity (Wildman–Crippen MR) is 73.9 cm³/mol. The number of hydrogen-bond donors (Lipinski definition) is 1. The normalized spacial score (nSPS) is 25.3. The van der Waals surface area contributed by atoms with Gasteiger partial charge in [-0.05, 0) is 48.9 Å². The first kappa shape index (κ1) is 13.5. The highest BCUT2D eigenvalue weighted by molar-refractivity contribution is 5.21. The second-order valence-corrected chi connectivity index (χ2v) is 5.44. The molecule has 1 N–H and O–H groups in total. The van der Waals surface area contributed by atoms with E-state index in [1.807, 2.05) is 6.07 Å². The summed E-state index contributed by atoms with van der Waals surface area (Å²) in [5, 5.41) is 3.55. The van der Waals surface area contributed by atoms with Crippen molar-refractivity contribution >= 4 is 0 Å². The van der Waals surface area contributed by atoms with Crippen LogP contribution in [0.5, 0.6) is 0 Å². The topological polar surface area (TPSA) is 12.0 Å². The van der Waals surface area contributed by atoms with Gasteiger partial charge in [-0.15, -0.1) is 0 Å². The van der Waals surface area contributed by atoms with Gasteiger partial charge in [0, 0.05) is 6.04 Å². The number of nitrogens with one attached hydrogen (secondary N) is 1. The molecule has 0 radical (unpaired) electrons. The SMILES string of the molecule is CCNC(c1cccc(F)c1)C1CCC(CC)C1. The van der Waals surface area contributed by atoms with Gasteiger partial charge >= 0.3 is 0 Å². The number of hydrogen-bond acceptors (Lipinski definition) is 1. The molecule has 1 aromatic carbocycles. The van der Waals surface area contributed by atoms with Crippen molar-refractivity contribution in [2.45, 2.75) is 45.6 Å². The first-order chi connectivity index (χ1) is 8.74. The highest BCUT2D eigenvalue weighted by Crippen LogP contribution is 2.40. The largest absolute Gasteiger partial charge is 0.310 e. The van der Waals surface area contributed by atoms with Gasteiger partial charge < -0.3 is 5.32 Å². The monoisotopic (exact) mass is 249 g/mol. The quantitative estimate of drug-likeness (QED) is 0.820. The first-order valence-corrected chi connectivity index (χ1v) is 7.23. The fourth-order valence-electron chi connectivity index (χ4n) is 3.26. The van der Waals surface area contributed by atoms with Gasteiger partial charge in [0.2, 0.25) is 0 Å². The van der Waals surface area contributed by atoms with E-state index in [9.17, 15) is 4.39 Å². The summed E-state index contributed by atoms with van der Waals surface area (Å²) < 4.78 is 13.4. The molecule has 3 atom stereocenters. The summed E-state index contributed by atoms with van der Waals surface area (Å²) in [6, 6.07) is 7.40. The highest BCUT2D eigenvalue weighted by Gasteiger charge is 2.30. The van der Waals surface area contributed by atoms with Crippen molar-refractivity contribution in [2.75, 3.05) is 6.54 Å². The molecule has 0 saturated heterocycles. The minimum absolute atomic E-state index is 0.125. The van der Waals surface area contributed by atoms with Crippen LogP contribution in [0.2, 0.25) is 0 Å². The summed E-state index contributed by atoms with van der Waals surface area (Å²) in [5.74, 6) is 1.40. The molecule has 0 aromatic heterocycles. The molecule has 2 rings (SSSR count). The van der Waals surface area contributed by atoms with Crippen LogP contribution < -0.4 is 5.32 Å². The Bertz CT molecular complexity index is 377. The van der Waals surface area contributed by atoms with Crippen molar-refractivity contribution in [3.63, 3.8) is 0 Å². The van der Waals surface area contributed by atoms with Gasteiger partial charge in [0.05, 0.1) is 0 Å². The molecular formula is C16H24FN. The van der Waals surface area contributed by atoms with E-state index in [1.54, 1.807) is 6.07 Å². The minimum atomic E-state index is -0.125. The van der Waals surface area contributed by atoms with Crippen molar-refractivity contribution in [2.24, 2.45) is 11.8 Å². The Kier molecular flexibility index (Phi) is 4.76. The lowest BCUT2D eigenvalue weighted by molar-refractivity contribution is 0.358. The van der Waals surface area contributed by atoms with Crippen molar-refractivity contribution in [3.8, 4) is 0 Å². The van der Waals surface area contributed by atoms with Crippen molar-refractivity contribution in [1.82, 2.24) is 5.32 Å². The lowest BCUT2D eigenvalue weighted by atomic mass is 9.90. The zero-order valence-electron chi connectivity index (χ0n) is 11.5. The van der Waals surface area contributed by atoms with Gasteiger partial charge in [-0.3, -0.25) is 0 Å². The molecule has 1 aromatic rings. The maximum absolute atomic E-state index is 13.4. The van der Waals surface area contributed by atoms with Crippen molar-refractivity contribution < 1.29 is 4.39 Å². The third kappa shape index (κ3) is 3.11. The van der Waals surface area contributed by atoms with Crippen LogP contribution in [0.25, 0.3) is 0 Å². The molecule has 3 unspecified atom stereocenters. The van der Waals surface area contributed by atoms with Crippen molar-refractivity contribution in [3.05, 3.63) is 35.6 Å². The van der Waals surface area contributed by atoms with Crippen LogP contribution in [0, 0.1) is 17.7 Å². The molecule has 1 fully saturated rings. The Morgan fingerprint density at radius 2 is 2.17 bits per heavy atom. The molecule has 1 aliphatic carbocycles. The first-order valence-electron chi connectivity index (χ1n) is 7.23. The third-order valence-corrected chi connectivity index (χ3v) is 4.26. The van der Waals surface area contributed by atoms with E-state index >= 15 is 0 Å². The summed E-state index contributed by atoms with van der Waals surface area (Å²) in [4.78, 5) is 0. The zero-order chi connectivity index (χ0) is 13.0. The van der Waals surface area contributed by atoms with Gasteiger partial charge in [0.25, 0.3) is 0 Å². The molecule has 0 heterocycles. The van der Waals surface area contributed by atoms with Gasteiger partial charge in [0.15, 0.2) is 0 Å². The molecule has 0 bridgehead atoms. The van der Waals surface area contributed by atoms with E-state index in [0.717, 1.165) is 18.0 Å². The molecular weight excluding hydrogens is 225 g/mol. The smallest absolute Gasteiger partial charge is 0.123 e. The second-order valence-electron chi connectivity index (χ2n) is 5.44. The molecule has 0 amide bonds. The maximum Gasteiger partial charge on any atom is 0.123 e. The maximum atomic E-state index is 13.4. The summed E-state index contributed by atoms with van der Waals surface area (Å²) in [7, 11) is 0. The molecule has 0 aliphatic heterocycles. The van der Waals surface area contributed by atoms with Gasteiger partial charge in [-0.2, -0.15) is 0 Å². The summed E-state index contributed by atoms with van der Waals surface area (Å²) in [5.41, 5.74) is 1.11. The Hall–Kier alpha value is -0.890. The van der Waals surface area contributed by atoms with E-state index in [4.69, 9.17) is 0 Å². The predicted octanol–water partition coefficient (Wildman–Crippen LogP) is 4.30. The van der Waals surface area contributed by atoms with Crippen LogP contribution in [0.15, 0.2) is 24.3 Å². The van der Waals surface area contributed by atoms with Crippen LogP contribution in [0.1, 0.15) is 51.1 Å². The number of benzene rings is 1. The molecule has 100 valence electrons. The number of rotatable bonds is 5. The van der Waals surface area contributed by atoms with Crippen LogP contribution in [-0.4, -0.2) is 6.54 Å². The van der Waals surface area contributed by atoms with E-state index < -0.39 is 0 Å². The van der Waals surface area contributed by atoms with Gasteiger partial charge in [-0.25, -0.2) is 4.39 Å². The lowest BCUT2D eigenvalue weighted by Gasteiger charge is -2.25. The molecule has 1 aliphatic rings. The fraction of sp³-hybridized carbons (Fsp3) is 0.625. The Morgan fingerprint density at radius 3 is 2.78 bits per heavy atom. The van der Waals surface area contributed by atoms with Crippen molar-refractivity contribution in [1.29, 1.82) is 0 Å². The Balaban J connectivity index is 2.13. The molecule has 1 nitrogen and oxygen atoms in total. The standard InChI is InChI=1S/C16H24FN/c1-3-12-8-9-14(10-12)16(18-4-2)13-6-5-7-15(17)11-13/h5-7,11-12,14,16,18H,3-4,8-10H2,1-2H3. The zero-order valence-corrected chi connectivity index (χ0v) is 11.5. The molecule has 2 heteroatoms. The fourth-order valence-corrected chi connectivity index (χ4v) is 3.26. The van der Waals surface area contributed by atoms with Crippen LogP contribution in [0.3, 0.4) is 0 Å². The summed E-state index contributed by atoms with van der Waals surface area (Å²) >= 11 is 0. The van der Waals surface area contributed by atoms with E-state index in [-0.39, 0.29) is 5.82 Å². The Morgan fingerprint density at radius 1 is 1.33 bits per heavy atom. The van der Waals surface area contributed by atoms with Crippen LogP contribution in [-0.2, 0) is 0 Å². The van der Waals surface area contributed by atoms with E-state index in [0.29, 0.717) is 12.0 Å². The lowest BCUT2D eigenvalue weighted by Crippen LogP contribution is -2.27. The minimum Gasteiger partial charge on any atom is -0.310 e. The third-order valence-electron chi connectivity index (χ3n) is 4.26. The average molecular weight is 249 g/mol. The molecule has 1 saturated carbocycles. The summed E-state index contributed by atoms with van der Waals surface area (Å²) in [6.45, 7) is 5.34. The highest BCUT2D eigenvalue weighted by atomic mass is 19.1. The van der Waals surface area contributed by atoms with Gasteiger partial charge in [0.1, 0.15) is 5.82 Å². The van der Waals surface area contributed by atoms with Crippen LogP contribution >= 0.6 is 0 Å². The number of halogens is 1. The van der Waals surface area contributed by atoms with E-state index in [1.165, 1.54) is 31.7 Å². The van der Waals surface area contributed by atoms with Crippen LogP contribution in [0.4, 0.5) is 4.39 Å². The Labute approximate surface area is 110 Å². The average Bonchev–Trinajstić information content (AvgIpc) is 2.84.